The third-order valence-electron chi connectivity index (χ3n) is 1.86. The highest BCUT2D eigenvalue weighted by Crippen LogP contribution is 1.92. The summed E-state index contributed by atoms with van der Waals surface area (Å²) >= 11 is 0. The standard InChI is InChI=1S/C11H21NO2/c1-2-3-5-8-11(14)12-9-6-4-7-10-13/h3,5,13H,2,4,6-10H2,1H3,(H,12,14)/b5-3-. The predicted molar refractivity (Wildman–Crippen MR) is 58.0 cm³/mol. The molecule has 0 aromatic heterocycles. The fourth-order valence-electron chi connectivity index (χ4n) is 1.07. The summed E-state index contributed by atoms with van der Waals surface area (Å²) in [5.41, 5.74) is 0. The largest absolute Gasteiger partial charge is 0.396 e. The summed E-state index contributed by atoms with van der Waals surface area (Å²) in [5.74, 6) is 0.0821. The molecule has 0 heterocycles. The Bertz CT molecular complexity index is 167. The number of carbonyl (C=O) groups is 1. The van der Waals surface area contributed by atoms with Crippen LogP contribution in [0.5, 0.6) is 0 Å². The van der Waals surface area contributed by atoms with Gasteiger partial charge in [0.1, 0.15) is 0 Å². The quantitative estimate of drug-likeness (QED) is 0.461. The second kappa shape index (κ2) is 10.3. The van der Waals surface area contributed by atoms with Gasteiger partial charge >= 0.3 is 0 Å². The molecule has 0 saturated heterocycles. The molecule has 0 aliphatic heterocycles. The summed E-state index contributed by atoms with van der Waals surface area (Å²) in [6, 6.07) is 0. The second-order valence-corrected chi connectivity index (χ2v) is 3.22. The van der Waals surface area contributed by atoms with Gasteiger partial charge in [-0.1, -0.05) is 19.1 Å². The van der Waals surface area contributed by atoms with E-state index in [0.717, 1.165) is 32.2 Å². The molecule has 0 aromatic carbocycles. The van der Waals surface area contributed by atoms with E-state index in [-0.39, 0.29) is 12.5 Å². The highest BCUT2D eigenvalue weighted by molar-refractivity contribution is 5.77. The zero-order chi connectivity index (χ0) is 10.6. The van der Waals surface area contributed by atoms with Gasteiger partial charge in [0.05, 0.1) is 0 Å². The van der Waals surface area contributed by atoms with Crippen molar-refractivity contribution in [3.8, 4) is 0 Å². The number of unbranched alkanes of at least 4 members (excludes halogenated alkanes) is 2. The van der Waals surface area contributed by atoms with Gasteiger partial charge in [-0.25, -0.2) is 0 Å². The lowest BCUT2D eigenvalue weighted by molar-refractivity contribution is -0.120. The van der Waals surface area contributed by atoms with Crippen molar-refractivity contribution in [2.24, 2.45) is 0 Å². The zero-order valence-electron chi connectivity index (χ0n) is 8.96. The monoisotopic (exact) mass is 199 g/mol. The van der Waals surface area contributed by atoms with E-state index in [1.165, 1.54) is 0 Å². The third kappa shape index (κ3) is 9.26. The average molecular weight is 199 g/mol. The Hall–Kier alpha value is -0.830. The predicted octanol–water partition coefficient (Wildman–Crippen LogP) is 1.62. The molecule has 3 heteroatoms. The Balaban J connectivity index is 3.22. The lowest BCUT2D eigenvalue weighted by Gasteiger charge is -2.02. The number of nitrogens with one attached hydrogen (secondary N) is 1. The number of carbonyl (C=O) groups excluding carboxylic acids is 1. The van der Waals surface area contributed by atoms with Crippen LogP contribution in [0.15, 0.2) is 12.2 Å². The molecule has 0 atom stereocenters. The van der Waals surface area contributed by atoms with E-state index in [1.54, 1.807) is 0 Å². The maximum absolute atomic E-state index is 11.1. The van der Waals surface area contributed by atoms with Crippen molar-refractivity contribution in [1.29, 1.82) is 0 Å². The maximum atomic E-state index is 11.1. The smallest absolute Gasteiger partial charge is 0.223 e. The Morgan fingerprint density at radius 2 is 2.07 bits per heavy atom. The van der Waals surface area contributed by atoms with Crippen molar-refractivity contribution in [3.63, 3.8) is 0 Å². The van der Waals surface area contributed by atoms with E-state index in [0.29, 0.717) is 6.42 Å². The van der Waals surface area contributed by atoms with Crippen molar-refractivity contribution in [1.82, 2.24) is 5.32 Å². The Morgan fingerprint density at radius 3 is 2.71 bits per heavy atom. The molecular formula is C11H21NO2. The lowest BCUT2D eigenvalue weighted by atomic mass is 10.2. The van der Waals surface area contributed by atoms with Crippen molar-refractivity contribution in [3.05, 3.63) is 12.2 Å². The number of hydrogen-bond acceptors (Lipinski definition) is 2. The fourth-order valence-corrected chi connectivity index (χ4v) is 1.07. The van der Waals surface area contributed by atoms with E-state index in [4.69, 9.17) is 5.11 Å². The molecule has 0 fully saturated rings. The van der Waals surface area contributed by atoms with Gasteiger partial charge in [-0.3, -0.25) is 4.79 Å². The highest BCUT2D eigenvalue weighted by atomic mass is 16.2. The number of rotatable bonds is 8. The van der Waals surface area contributed by atoms with Gasteiger partial charge in [0.25, 0.3) is 0 Å². The minimum atomic E-state index is 0.0821. The topological polar surface area (TPSA) is 49.3 Å². The van der Waals surface area contributed by atoms with Crippen LogP contribution in [-0.4, -0.2) is 24.2 Å². The Kier molecular flexibility index (Phi) is 9.64. The van der Waals surface area contributed by atoms with Crippen molar-refractivity contribution in [2.45, 2.75) is 39.0 Å². The molecular weight excluding hydrogens is 178 g/mol. The van der Waals surface area contributed by atoms with E-state index in [2.05, 4.69) is 5.32 Å². The third-order valence-corrected chi connectivity index (χ3v) is 1.86. The van der Waals surface area contributed by atoms with Gasteiger partial charge in [-0.2, -0.15) is 0 Å². The zero-order valence-corrected chi connectivity index (χ0v) is 8.96. The molecule has 14 heavy (non-hydrogen) atoms. The van der Waals surface area contributed by atoms with Crippen LogP contribution in [0, 0.1) is 0 Å². The van der Waals surface area contributed by atoms with Crippen LogP contribution in [0.25, 0.3) is 0 Å². The minimum Gasteiger partial charge on any atom is -0.396 e. The van der Waals surface area contributed by atoms with Gasteiger partial charge in [-0.15, -0.1) is 0 Å². The number of aliphatic hydroxyl groups is 1. The van der Waals surface area contributed by atoms with Crippen LogP contribution in [0.3, 0.4) is 0 Å². The van der Waals surface area contributed by atoms with Crippen molar-refractivity contribution in [2.75, 3.05) is 13.2 Å². The maximum Gasteiger partial charge on any atom is 0.223 e. The number of aliphatic hydroxyl groups excluding tert-OH is 1. The first kappa shape index (κ1) is 13.2. The molecule has 0 bridgehead atoms. The van der Waals surface area contributed by atoms with E-state index < -0.39 is 0 Å². The Labute approximate surface area is 86.2 Å². The van der Waals surface area contributed by atoms with E-state index in [1.807, 2.05) is 19.1 Å². The summed E-state index contributed by atoms with van der Waals surface area (Å²) in [6.07, 6.45) is 8.09. The van der Waals surface area contributed by atoms with Gasteiger partial charge in [0.15, 0.2) is 0 Å². The summed E-state index contributed by atoms with van der Waals surface area (Å²) in [6.45, 7) is 3.01. The van der Waals surface area contributed by atoms with Crippen LogP contribution >= 0.6 is 0 Å². The molecule has 0 aliphatic carbocycles. The normalized spacial score (nSPS) is 10.7. The van der Waals surface area contributed by atoms with Crippen LogP contribution in [-0.2, 0) is 4.79 Å². The van der Waals surface area contributed by atoms with E-state index >= 15 is 0 Å². The first-order chi connectivity index (χ1) is 6.81. The molecule has 0 radical (unpaired) electrons. The molecule has 0 rings (SSSR count). The molecule has 0 unspecified atom stereocenters. The van der Waals surface area contributed by atoms with Gasteiger partial charge < -0.3 is 10.4 Å². The lowest BCUT2D eigenvalue weighted by Crippen LogP contribution is -2.23. The van der Waals surface area contributed by atoms with Crippen LogP contribution in [0.1, 0.15) is 39.0 Å². The number of amides is 1. The van der Waals surface area contributed by atoms with Crippen molar-refractivity contribution < 1.29 is 9.90 Å². The molecule has 82 valence electrons. The molecule has 0 spiro atoms. The molecule has 2 N–H and O–H groups in total. The number of hydrogen-bond donors (Lipinski definition) is 2. The SMILES string of the molecule is CC/C=C\CC(=O)NCCCCCO. The molecule has 0 aliphatic rings. The summed E-state index contributed by atoms with van der Waals surface area (Å²) in [7, 11) is 0. The molecule has 3 nitrogen and oxygen atoms in total. The van der Waals surface area contributed by atoms with Gasteiger partial charge in [-0.05, 0) is 25.7 Å². The molecule has 0 saturated carbocycles. The van der Waals surface area contributed by atoms with E-state index in [9.17, 15) is 4.79 Å². The van der Waals surface area contributed by atoms with Crippen molar-refractivity contribution >= 4 is 5.91 Å². The summed E-state index contributed by atoms with van der Waals surface area (Å²) in [4.78, 5) is 11.1. The van der Waals surface area contributed by atoms with Gasteiger partial charge in [0.2, 0.25) is 5.91 Å². The fraction of sp³-hybridized carbons (Fsp3) is 0.727. The average Bonchev–Trinajstić information content (AvgIpc) is 2.18. The number of allylic oxidation sites excluding steroid dienone is 1. The molecule has 1 amide bonds. The van der Waals surface area contributed by atoms with Crippen LogP contribution < -0.4 is 5.32 Å². The first-order valence-corrected chi connectivity index (χ1v) is 5.33. The van der Waals surface area contributed by atoms with Gasteiger partial charge in [0, 0.05) is 19.6 Å². The summed E-state index contributed by atoms with van der Waals surface area (Å²) in [5, 5.41) is 11.4. The first-order valence-electron chi connectivity index (χ1n) is 5.33. The van der Waals surface area contributed by atoms with Crippen LogP contribution in [0.4, 0.5) is 0 Å². The van der Waals surface area contributed by atoms with Crippen LogP contribution in [0.2, 0.25) is 0 Å². The molecule has 0 aromatic rings. The summed E-state index contributed by atoms with van der Waals surface area (Å²) < 4.78 is 0. The Morgan fingerprint density at radius 1 is 1.29 bits per heavy atom. The minimum absolute atomic E-state index is 0.0821. The second-order valence-electron chi connectivity index (χ2n) is 3.22. The highest BCUT2D eigenvalue weighted by Gasteiger charge is 1.95.